The van der Waals surface area contributed by atoms with Gasteiger partial charge in [0.05, 0.1) is 6.54 Å². The van der Waals surface area contributed by atoms with Gasteiger partial charge >= 0.3 is 0 Å². The number of aliphatic imine (C=N–C) groups is 1. The molecule has 0 saturated heterocycles. The minimum absolute atomic E-state index is 0. The van der Waals surface area contributed by atoms with Gasteiger partial charge in [-0.3, -0.25) is 4.99 Å². The molecule has 0 aliphatic heterocycles. The Morgan fingerprint density at radius 2 is 1.76 bits per heavy atom. The molecule has 0 saturated carbocycles. The molecule has 2 unspecified atom stereocenters. The summed E-state index contributed by atoms with van der Waals surface area (Å²) in [6.07, 6.45) is 0.0744. The van der Waals surface area contributed by atoms with Crippen molar-refractivity contribution >= 4 is 29.9 Å². The monoisotopic (exact) mass is 405 g/mol. The molecule has 0 heterocycles. The average Bonchev–Trinajstić information content (AvgIpc) is 2.44. The van der Waals surface area contributed by atoms with Crippen molar-refractivity contribution in [3.05, 3.63) is 30.3 Å². The number of benzene rings is 1. The maximum absolute atomic E-state index is 5.82. The van der Waals surface area contributed by atoms with Crippen LogP contribution in [0.2, 0.25) is 0 Å². The molecule has 21 heavy (non-hydrogen) atoms. The van der Waals surface area contributed by atoms with E-state index in [1.54, 1.807) is 7.05 Å². The minimum atomic E-state index is 0. The van der Waals surface area contributed by atoms with Crippen LogP contribution >= 0.6 is 24.0 Å². The molecule has 0 radical (unpaired) electrons. The number of ether oxygens (including phenoxy) is 1. The van der Waals surface area contributed by atoms with Gasteiger partial charge in [0.15, 0.2) is 5.96 Å². The Bertz CT molecular complexity index is 409. The lowest BCUT2D eigenvalue weighted by Crippen LogP contribution is -2.46. The van der Waals surface area contributed by atoms with Crippen molar-refractivity contribution in [1.29, 1.82) is 0 Å². The summed E-state index contributed by atoms with van der Waals surface area (Å²) in [6.45, 7) is 9.28. The van der Waals surface area contributed by atoms with E-state index in [1.165, 1.54) is 0 Å². The smallest absolute Gasteiger partial charge is 0.191 e. The van der Waals surface area contributed by atoms with E-state index in [0.717, 1.165) is 11.7 Å². The highest BCUT2D eigenvalue weighted by molar-refractivity contribution is 14.0. The van der Waals surface area contributed by atoms with Gasteiger partial charge in [-0.05, 0) is 31.9 Å². The molecule has 0 fully saturated rings. The van der Waals surface area contributed by atoms with Crippen LogP contribution in [0.1, 0.15) is 27.7 Å². The predicted molar refractivity (Wildman–Crippen MR) is 101 cm³/mol. The summed E-state index contributed by atoms with van der Waals surface area (Å²) in [6, 6.07) is 10.2. The van der Waals surface area contributed by atoms with E-state index in [9.17, 15) is 0 Å². The topological polar surface area (TPSA) is 45.7 Å². The molecule has 4 nitrogen and oxygen atoms in total. The van der Waals surface area contributed by atoms with Crippen LogP contribution in [0.3, 0.4) is 0 Å². The molecule has 0 aliphatic carbocycles. The second kappa shape index (κ2) is 10.7. The minimum Gasteiger partial charge on any atom is -0.489 e. The van der Waals surface area contributed by atoms with Crippen molar-refractivity contribution < 1.29 is 4.74 Å². The van der Waals surface area contributed by atoms with E-state index >= 15 is 0 Å². The van der Waals surface area contributed by atoms with E-state index in [1.807, 2.05) is 37.3 Å². The summed E-state index contributed by atoms with van der Waals surface area (Å²) >= 11 is 0. The Hall–Kier alpha value is -0.980. The number of halogens is 1. The molecule has 1 aromatic carbocycles. The zero-order valence-corrected chi connectivity index (χ0v) is 15.9. The van der Waals surface area contributed by atoms with Gasteiger partial charge in [0.2, 0.25) is 0 Å². The molecule has 2 N–H and O–H groups in total. The normalized spacial score (nSPS) is 14.1. The van der Waals surface area contributed by atoms with Crippen molar-refractivity contribution in [2.45, 2.75) is 39.8 Å². The van der Waals surface area contributed by atoms with Crippen LogP contribution < -0.4 is 15.4 Å². The molecule has 0 amide bonds. The average molecular weight is 405 g/mol. The van der Waals surface area contributed by atoms with E-state index in [4.69, 9.17) is 4.74 Å². The van der Waals surface area contributed by atoms with Crippen LogP contribution in [0.4, 0.5) is 0 Å². The van der Waals surface area contributed by atoms with Crippen LogP contribution in [0.15, 0.2) is 35.3 Å². The number of rotatable bonds is 6. The highest BCUT2D eigenvalue weighted by Gasteiger charge is 2.10. The summed E-state index contributed by atoms with van der Waals surface area (Å²) < 4.78 is 5.82. The first-order valence-corrected chi connectivity index (χ1v) is 7.21. The number of nitrogens with zero attached hydrogens (tertiary/aromatic N) is 1. The van der Waals surface area contributed by atoms with Gasteiger partial charge in [-0.15, -0.1) is 24.0 Å². The zero-order valence-electron chi connectivity index (χ0n) is 13.6. The molecule has 1 rings (SSSR count). The number of nitrogens with one attached hydrogen (secondary N) is 2. The second-order valence-electron chi connectivity index (χ2n) is 5.37. The fourth-order valence-electron chi connectivity index (χ4n) is 1.59. The van der Waals surface area contributed by atoms with E-state index in [2.05, 4.69) is 36.4 Å². The van der Waals surface area contributed by atoms with Gasteiger partial charge in [0.25, 0.3) is 0 Å². The molecule has 0 aromatic heterocycles. The molecule has 0 spiro atoms. The maximum atomic E-state index is 5.82. The second-order valence-corrected chi connectivity index (χ2v) is 5.37. The molecule has 0 bridgehead atoms. The van der Waals surface area contributed by atoms with E-state index < -0.39 is 0 Å². The van der Waals surface area contributed by atoms with Gasteiger partial charge in [-0.25, -0.2) is 0 Å². The van der Waals surface area contributed by atoms with Gasteiger partial charge < -0.3 is 15.4 Å². The summed E-state index contributed by atoms with van der Waals surface area (Å²) in [5.41, 5.74) is 0. The third-order valence-corrected chi connectivity index (χ3v) is 3.23. The maximum Gasteiger partial charge on any atom is 0.191 e. The van der Waals surface area contributed by atoms with Crippen LogP contribution in [0.25, 0.3) is 0 Å². The van der Waals surface area contributed by atoms with Crippen molar-refractivity contribution in [1.82, 2.24) is 10.6 Å². The van der Waals surface area contributed by atoms with Gasteiger partial charge in [0, 0.05) is 13.1 Å². The van der Waals surface area contributed by atoms with Crippen LogP contribution in [-0.4, -0.2) is 31.7 Å². The van der Waals surface area contributed by atoms with Crippen LogP contribution in [0, 0.1) is 5.92 Å². The Labute approximate surface area is 145 Å². The van der Waals surface area contributed by atoms with Crippen LogP contribution in [0.5, 0.6) is 5.75 Å². The molecular formula is C16H28IN3O. The third kappa shape index (κ3) is 8.14. The molecule has 5 heteroatoms. The lowest BCUT2D eigenvalue weighted by molar-refractivity contribution is 0.223. The third-order valence-electron chi connectivity index (χ3n) is 3.23. The summed E-state index contributed by atoms with van der Waals surface area (Å²) in [5, 5.41) is 6.66. The largest absolute Gasteiger partial charge is 0.489 e. The standard InChI is InChI=1S/C16H27N3O.HI/c1-12(2)14(4)19-16(17-5)18-11-13(3)20-15-9-7-6-8-10-15;/h6-10,12-14H,11H2,1-5H3,(H2,17,18,19);1H. The fraction of sp³-hybridized carbons (Fsp3) is 0.562. The van der Waals surface area contributed by atoms with Crippen molar-refractivity contribution in [2.24, 2.45) is 10.9 Å². The first-order chi connectivity index (χ1) is 9.52. The Morgan fingerprint density at radius 1 is 1.14 bits per heavy atom. The molecule has 0 aliphatic rings. The SMILES string of the molecule is CN=C(NCC(C)Oc1ccccc1)NC(C)C(C)C.I. The first-order valence-electron chi connectivity index (χ1n) is 7.21. The lowest BCUT2D eigenvalue weighted by atomic mass is 10.1. The lowest BCUT2D eigenvalue weighted by Gasteiger charge is -2.22. The van der Waals surface area contributed by atoms with Gasteiger partial charge in [-0.1, -0.05) is 32.0 Å². The number of hydrogen-bond donors (Lipinski definition) is 2. The quantitative estimate of drug-likeness (QED) is 0.434. The van der Waals surface area contributed by atoms with Crippen LogP contribution in [-0.2, 0) is 0 Å². The number of guanidine groups is 1. The van der Waals surface area contributed by atoms with Gasteiger partial charge in [0.1, 0.15) is 11.9 Å². The summed E-state index contributed by atoms with van der Waals surface area (Å²) in [5.74, 6) is 2.27. The molecule has 2 atom stereocenters. The summed E-state index contributed by atoms with van der Waals surface area (Å²) in [7, 11) is 1.78. The highest BCUT2D eigenvalue weighted by Crippen LogP contribution is 2.10. The fourth-order valence-corrected chi connectivity index (χ4v) is 1.59. The predicted octanol–water partition coefficient (Wildman–Crippen LogP) is 3.28. The van der Waals surface area contributed by atoms with Crippen molar-refractivity contribution in [2.75, 3.05) is 13.6 Å². The molecular weight excluding hydrogens is 377 g/mol. The first kappa shape index (κ1) is 20.0. The summed E-state index contributed by atoms with van der Waals surface area (Å²) in [4.78, 5) is 4.23. The van der Waals surface area contributed by atoms with E-state index in [-0.39, 0.29) is 30.1 Å². The van der Waals surface area contributed by atoms with E-state index in [0.29, 0.717) is 18.5 Å². The Kier molecular flexibility index (Phi) is 10.2. The van der Waals surface area contributed by atoms with Crippen molar-refractivity contribution in [3.63, 3.8) is 0 Å². The highest BCUT2D eigenvalue weighted by atomic mass is 127. The molecule has 120 valence electrons. The zero-order chi connectivity index (χ0) is 15.0. The Morgan fingerprint density at radius 3 is 2.29 bits per heavy atom. The number of para-hydroxylation sites is 1. The number of hydrogen-bond acceptors (Lipinski definition) is 2. The molecule has 1 aromatic rings. The Balaban J connectivity index is 0.00000400. The van der Waals surface area contributed by atoms with Gasteiger partial charge in [-0.2, -0.15) is 0 Å². The van der Waals surface area contributed by atoms with Crippen molar-refractivity contribution in [3.8, 4) is 5.75 Å².